The average molecular weight is 230 g/mol. The van der Waals surface area contributed by atoms with Gasteiger partial charge in [-0.1, -0.05) is 12.1 Å². The average Bonchev–Trinajstić information content (AvgIpc) is 2.83. The van der Waals surface area contributed by atoms with Crippen molar-refractivity contribution in [1.29, 1.82) is 0 Å². The molecule has 0 radical (unpaired) electrons. The maximum atomic E-state index is 12.1. The lowest BCUT2D eigenvalue weighted by molar-refractivity contribution is 0.0987. The second-order valence-corrected chi connectivity index (χ2v) is 3.56. The first-order valence-electron chi connectivity index (χ1n) is 5.54. The first-order valence-corrected chi connectivity index (χ1v) is 5.54. The Kier molecular flexibility index (Phi) is 3.55. The van der Waals surface area contributed by atoms with Gasteiger partial charge in [-0.25, -0.2) is 4.98 Å². The third-order valence-corrected chi connectivity index (χ3v) is 2.37. The van der Waals surface area contributed by atoms with Gasteiger partial charge >= 0.3 is 0 Å². The van der Waals surface area contributed by atoms with E-state index in [0.717, 1.165) is 0 Å². The number of imidazole rings is 1. The normalized spacial score (nSPS) is 10.2. The number of hydrogen-bond donors (Lipinski definition) is 1. The van der Waals surface area contributed by atoms with Crippen LogP contribution >= 0.6 is 0 Å². The van der Waals surface area contributed by atoms with Crippen molar-refractivity contribution in [2.45, 2.75) is 13.3 Å². The Balaban J connectivity index is 2.18. The van der Waals surface area contributed by atoms with Gasteiger partial charge in [0.05, 0.1) is 18.6 Å². The molecule has 1 aromatic heterocycles. The zero-order valence-electron chi connectivity index (χ0n) is 9.64. The van der Waals surface area contributed by atoms with Gasteiger partial charge in [0.25, 0.3) is 0 Å². The number of carbonyl (C=O) groups is 1. The molecule has 0 amide bonds. The van der Waals surface area contributed by atoms with E-state index in [2.05, 4.69) is 9.97 Å². The quantitative estimate of drug-likeness (QED) is 0.801. The number of nitrogens with one attached hydrogen (secondary N) is 1. The molecule has 0 fully saturated rings. The van der Waals surface area contributed by atoms with Gasteiger partial charge in [0.15, 0.2) is 5.78 Å². The molecule has 0 atom stereocenters. The van der Waals surface area contributed by atoms with E-state index in [1.807, 2.05) is 19.1 Å². The minimum absolute atomic E-state index is 0.00370. The number of ether oxygens (including phenoxy) is 1. The maximum absolute atomic E-state index is 12.1. The van der Waals surface area contributed by atoms with Gasteiger partial charge in [0.2, 0.25) is 0 Å². The van der Waals surface area contributed by atoms with Gasteiger partial charge in [0.1, 0.15) is 11.6 Å². The van der Waals surface area contributed by atoms with Crippen LogP contribution in [-0.4, -0.2) is 22.4 Å². The molecule has 1 heterocycles. The number of hydrogen-bond acceptors (Lipinski definition) is 3. The van der Waals surface area contributed by atoms with Gasteiger partial charge in [-0.3, -0.25) is 4.79 Å². The van der Waals surface area contributed by atoms with Crippen molar-refractivity contribution in [2.75, 3.05) is 6.61 Å². The Morgan fingerprint density at radius 2 is 2.24 bits per heavy atom. The Bertz CT molecular complexity index is 492. The summed E-state index contributed by atoms with van der Waals surface area (Å²) in [6.07, 6.45) is 3.60. The van der Waals surface area contributed by atoms with Crippen LogP contribution in [0.2, 0.25) is 0 Å². The van der Waals surface area contributed by atoms with Gasteiger partial charge in [-0.2, -0.15) is 0 Å². The topological polar surface area (TPSA) is 55.0 Å². The SMILES string of the molecule is CCOc1ccccc1C(=O)Cc1ncc[nH]1. The van der Waals surface area contributed by atoms with E-state index in [1.54, 1.807) is 24.5 Å². The van der Waals surface area contributed by atoms with Crippen molar-refractivity contribution in [3.63, 3.8) is 0 Å². The zero-order valence-corrected chi connectivity index (χ0v) is 9.64. The number of aromatic amines is 1. The van der Waals surface area contributed by atoms with Crippen LogP contribution in [0.1, 0.15) is 23.1 Å². The molecule has 0 unspecified atom stereocenters. The van der Waals surface area contributed by atoms with Crippen molar-refractivity contribution in [1.82, 2.24) is 9.97 Å². The summed E-state index contributed by atoms with van der Waals surface area (Å²) in [7, 11) is 0. The first-order chi connectivity index (χ1) is 8.31. The number of benzene rings is 1. The number of ketones is 1. The molecule has 1 aromatic carbocycles. The third kappa shape index (κ3) is 2.72. The number of carbonyl (C=O) groups excluding carboxylic acids is 1. The predicted octanol–water partition coefficient (Wildman–Crippen LogP) is 2.23. The van der Waals surface area contributed by atoms with Gasteiger partial charge in [-0.05, 0) is 19.1 Å². The second kappa shape index (κ2) is 5.30. The van der Waals surface area contributed by atoms with Crippen molar-refractivity contribution in [3.05, 3.63) is 48.0 Å². The molecule has 1 N–H and O–H groups in total. The van der Waals surface area contributed by atoms with Crippen LogP contribution < -0.4 is 4.74 Å². The molecule has 0 aliphatic rings. The van der Waals surface area contributed by atoms with E-state index in [1.165, 1.54) is 0 Å². The summed E-state index contributed by atoms with van der Waals surface area (Å²) in [6.45, 7) is 2.44. The largest absolute Gasteiger partial charge is 0.493 e. The number of nitrogens with zero attached hydrogens (tertiary/aromatic N) is 1. The number of rotatable bonds is 5. The van der Waals surface area contributed by atoms with Crippen LogP contribution in [-0.2, 0) is 6.42 Å². The number of H-pyrrole nitrogens is 1. The van der Waals surface area contributed by atoms with Crippen LogP contribution in [0.3, 0.4) is 0 Å². The molecule has 4 nitrogen and oxygen atoms in total. The molecule has 17 heavy (non-hydrogen) atoms. The summed E-state index contributed by atoms with van der Waals surface area (Å²) in [5.74, 6) is 1.30. The van der Waals surface area contributed by atoms with Crippen molar-refractivity contribution < 1.29 is 9.53 Å². The fourth-order valence-corrected chi connectivity index (χ4v) is 1.62. The Morgan fingerprint density at radius 3 is 2.94 bits per heavy atom. The van der Waals surface area contributed by atoms with Gasteiger partial charge < -0.3 is 9.72 Å². The summed E-state index contributed by atoms with van der Waals surface area (Å²) in [4.78, 5) is 19.0. The Labute approximate surface area is 99.7 Å². The smallest absolute Gasteiger partial charge is 0.174 e. The molecule has 4 heteroatoms. The molecule has 0 spiro atoms. The molecular formula is C13H14N2O2. The minimum Gasteiger partial charge on any atom is -0.493 e. The monoisotopic (exact) mass is 230 g/mol. The fourth-order valence-electron chi connectivity index (χ4n) is 1.62. The molecule has 0 bridgehead atoms. The number of aromatic nitrogens is 2. The van der Waals surface area contributed by atoms with Crippen molar-refractivity contribution in [2.24, 2.45) is 0 Å². The lowest BCUT2D eigenvalue weighted by atomic mass is 10.1. The van der Waals surface area contributed by atoms with E-state index >= 15 is 0 Å². The van der Waals surface area contributed by atoms with E-state index in [-0.39, 0.29) is 12.2 Å². The standard InChI is InChI=1S/C13H14N2O2/c1-2-17-12-6-4-3-5-10(12)11(16)9-13-14-7-8-15-13/h3-8H,2,9H2,1H3,(H,14,15). The van der Waals surface area contributed by atoms with Crippen molar-refractivity contribution >= 4 is 5.78 Å². The molecular weight excluding hydrogens is 216 g/mol. The van der Waals surface area contributed by atoms with E-state index in [0.29, 0.717) is 23.7 Å². The molecule has 0 aliphatic heterocycles. The second-order valence-electron chi connectivity index (χ2n) is 3.56. The molecule has 2 rings (SSSR count). The summed E-state index contributed by atoms with van der Waals surface area (Å²) < 4.78 is 5.43. The highest BCUT2D eigenvalue weighted by Gasteiger charge is 2.13. The zero-order chi connectivity index (χ0) is 12.1. The van der Waals surface area contributed by atoms with Crippen LogP contribution in [0.4, 0.5) is 0 Å². The summed E-state index contributed by atoms with van der Waals surface area (Å²) in [6, 6.07) is 7.27. The molecule has 0 aliphatic carbocycles. The lowest BCUT2D eigenvalue weighted by Gasteiger charge is -2.08. The van der Waals surface area contributed by atoms with Crippen LogP contribution in [0, 0.1) is 0 Å². The van der Waals surface area contributed by atoms with Gasteiger partial charge in [0, 0.05) is 12.4 Å². The predicted molar refractivity (Wildman–Crippen MR) is 64.2 cm³/mol. The lowest BCUT2D eigenvalue weighted by Crippen LogP contribution is -2.07. The summed E-state index contributed by atoms with van der Waals surface area (Å²) >= 11 is 0. The highest BCUT2D eigenvalue weighted by Crippen LogP contribution is 2.19. The number of Topliss-reactive ketones (excluding diaryl/α,β-unsaturated/α-hetero) is 1. The van der Waals surface area contributed by atoms with E-state index in [4.69, 9.17) is 4.74 Å². The molecule has 88 valence electrons. The fraction of sp³-hybridized carbons (Fsp3) is 0.231. The first kappa shape index (κ1) is 11.4. The Morgan fingerprint density at radius 1 is 1.41 bits per heavy atom. The highest BCUT2D eigenvalue weighted by molar-refractivity contribution is 5.99. The third-order valence-electron chi connectivity index (χ3n) is 2.37. The molecule has 0 saturated carbocycles. The number of para-hydroxylation sites is 1. The van der Waals surface area contributed by atoms with Gasteiger partial charge in [-0.15, -0.1) is 0 Å². The Hall–Kier alpha value is -2.10. The van der Waals surface area contributed by atoms with E-state index < -0.39 is 0 Å². The minimum atomic E-state index is 0.00370. The van der Waals surface area contributed by atoms with E-state index in [9.17, 15) is 4.79 Å². The maximum Gasteiger partial charge on any atom is 0.174 e. The van der Waals surface area contributed by atoms with Crippen LogP contribution in [0.25, 0.3) is 0 Å². The highest BCUT2D eigenvalue weighted by atomic mass is 16.5. The summed E-state index contributed by atoms with van der Waals surface area (Å²) in [5.41, 5.74) is 0.603. The summed E-state index contributed by atoms with van der Waals surface area (Å²) in [5, 5.41) is 0. The van der Waals surface area contributed by atoms with Crippen LogP contribution in [0.5, 0.6) is 5.75 Å². The molecule has 0 saturated heterocycles. The van der Waals surface area contributed by atoms with Crippen LogP contribution in [0.15, 0.2) is 36.7 Å². The molecule has 2 aromatic rings. The van der Waals surface area contributed by atoms with Crippen molar-refractivity contribution in [3.8, 4) is 5.75 Å².